The standard InChI is InChI=1S/C12H14O3.C5H12O3/c1-2-3-6-15-12-7-10(8-13)4-5-11(12)9-14;1-5(2-6,3-7)4-8/h4-5,7-9H,2-3,6H2,1H3;6-8H,2-4H2,1H3. The molecule has 23 heavy (non-hydrogen) atoms. The number of aldehydes is 2. The van der Waals surface area contributed by atoms with E-state index in [4.69, 9.17) is 20.1 Å². The summed E-state index contributed by atoms with van der Waals surface area (Å²) in [6.07, 6.45) is 3.44. The van der Waals surface area contributed by atoms with Gasteiger partial charge in [0, 0.05) is 11.0 Å². The number of unbranched alkanes of at least 4 members (excludes halogenated alkanes) is 1. The second-order valence-corrected chi connectivity index (χ2v) is 5.52. The minimum atomic E-state index is -0.708. The van der Waals surface area contributed by atoms with Crippen LogP contribution in [-0.2, 0) is 0 Å². The first-order chi connectivity index (χ1) is 11.0. The van der Waals surface area contributed by atoms with Crippen molar-refractivity contribution in [1.29, 1.82) is 0 Å². The maximum absolute atomic E-state index is 10.7. The molecule has 6 heteroatoms. The molecule has 0 heterocycles. The molecule has 0 fully saturated rings. The third kappa shape index (κ3) is 7.88. The van der Waals surface area contributed by atoms with E-state index in [1.165, 1.54) is 0 Å². The fraction of sp³-hybridized carbons (Fsp3) is 0.529. The summed E-state index contributed by atoms with van der Waals surface area (Å²) >= 11 is 0. The van der Waals surface area contributed by atoms with Gasteiger partial charge in [-0.05, 0) is 18.6 Å². The number of aliphatic hydroxyl groups excluding tert-OH is 3. The van der Waals surface area contributed by atoms with Crippen molar-refractivity contribution >= 4 is 12.6 Å². The van der Waals surface area contributed by atoms with Gasteiger partial charge in [0.1, 0.15) is 12.0 Å². The van der Waals surface area contributed by atoms with E-state index in [2.05, 4.69) is 6.92 Å². The van der Waals surface area contributed by atoms with Crippen LogP contribution < -0.4 is 4.74 Å². The van der Waals surface area contributed by atoms with Crippen LogP contribution in [0.4, 0.5) is 0 Å². The molecule has 0 bridgehead atoms. The highest BCUT2D eigenvalue weighted by Gasteiger charge is 2.20. The zero-order valence-electron chi connectivity index (χ0n) is 13.7. The Balaban J connectivity index is 0.000000515. The molecule has 0 aliphatic rings. The molecule has 130 valence electrons. The Morgan fingerprint density at radius 1 is 1.09 bits per heavy atom. The van der Waals surface area contributed by atoms with E-state index >= 15 is 0 Å². The van der Waals surface area contributed by atoms with Gasteiger partial charge in [-0.3, -0.25) is 9.59 Å². The summed E-state index contributed by atoms with van der Waals surface area (Å²) < 4.78 is 5.42. The summed E-state index contributed by atoms with van der Waals surface area (Å²) in [6, 6.07) is 4.79. The van der Waals surface area contributed by atoms with E-state index in [0.717, 1.165) is 25.4 Å². The van der Waals surface area contributed by atoms with E-state index in [1.54, 1.807) is 25.1 Å². The zero-order chi connectivity index (χ0) is 17.7. The Bertz CT molecular complexity index is 460. The second-order valence-electron chi connectivity index (χ2n) is 5.52. The summed E-state index contributed by atoms with van der Waals surface area (Å²) in [5.41, 5.74) is 0.295. The third-order valence-corrected chi connectivity index (χ3v) is 3.20. The molecule has 1 aromatic carbocycles. The Morgan fingerprint density at radius 3 is 2.09 bits per heavy atom. The summed E-state index contributed by atoms with van der Waals surface area (Å²) in [7, 11) is 0. The molecular formula is C17H26O6. The lowest BCUT2D eigenvalue weighted by Crippen LogP contribution is -2.29. The third-order valence-electron chi connectivity index (χ3n) is 3.20. The maximum Gasteiger partial charge on any atom is 0.153 e. The molecule has 1 rings (SSSR count). The Labute approximate surface area is 136 Å². The predicted octanol–water partition coefficient (Wildman–Crippen LogP) is 1.46. The monoisotopic (exact) mass is 326 g/mol. The van der Waals surface area contributed by atoms with Gasteiger partial charge in [-0.1, -0.05) is 26.3 Å². The van der Waals surface area contributed by atoms with E-state index < -0.39 is 5.41 Å². The molecule has 0 amide bonds. The van der Waals surface area contributed by atoms with Gasteiger partial charge in [0.05, 0.1) is 32.0 Å². The maximum atomic E-state index is 10.7. The molecular weight excluding hydrogens is 300 g/mol. The van der Waals surface area contributed by atoms with Crippen LogP contribution in [0.25, 0.3) is 0 Å². The lowest BCUT2D eigenvalue weighted by molar-refractivity contribution is 0.0200. The van der Waals surface area contributed by atoms with E-state index in [0.29, 0.717) is 23.5 Å². The van der Waals surface area contributed by atoms with Crippen molar-refractivity contribution in [2.45, 2.75) is 26.7 Å². The molecule has 1 aromatic rings. The van der Waals surface area contributed by atoms with Gasteiger partial charge >= 0.3 is 0 Å². The topological polar surface area (TPSA) is 104 Å². The zero-order valence-corrected chi connectivity index (χ0v) is 13.7. The van der Waals surface area contributed by atoms with Gasteiger partial charge in [0.15, 0.2) is 6.29 Å². The largest absolute Gasteiger partial charge is 0.493 e. The average Bonchev–Trinajstić information content (AvgIpc) is 2.61. The summed E-state index contributed by atoms with van der Waals surface area (Å²) in [4.78, 5) is 21.2. The first kappa shape index (κ1) is 21.2. The first-order valence-corrected chi connectivity index (χ1v) is 7.50. The highest BCUT2D eigenvalue weighted by molar-refractivity contribution is 5.83. The Kier molecular flexibility index (Phi) is 10.9. The number of carbonyl (C=O) groups is 2. The quantitative estimate of drug-likeness (QED) is 0.469. The highest BCUT2D eigenvalue weighted by Crippen LogP contribution is 2.18. The van der Waals surface area contributed by atoms with Crippen LogP contribution in [0.1, 0.15) is 47.4 Å². The summed E-state index contributed by atoms with van der Waals surface area (Å²) in [6.45, 7) is 3.69. The SMILES string of the molecule is CC(CO)(CO)CO.CCCCOc1cc(C=O)ccc1C=O. The van der Waals surface area contributed by atoms with Crippen LogP contribution in [0, 0.1) is 5.41 Å². The van der Waals surface area contributed by atoms with Gasteiger partial charge in [0.2, 0.25) is 0 Å². The number of aliphatic hydroxyl groups is 3. The van der Waals surface area contributed by atoms with Crippen molar-refractivity contribution in [2.24, 2.45) is 5.41 Å². The fourth-order valence-electron chi connectivity index (χ4n) is 1.32. The minimum absolute atomic E-state index is 0.181. The van der Waals surface area contributed by atoms with E-state index in [1.807, 2.05) is 0 Å². The smallest absolute Gasteiger partial charge is 0.153 e. The molecule has 0 aliphatic carbocycles. The molecule has 0 saturated carbocycles. The minimum Gasteiger partial charge on any atom is -0.493 e. The average molecular weight is 326 g/mol. The molecule has 0 saturated heterocycles. The number of carbonyl (C=O) groups excluding carboxylic acids is 2. The summed E-state index contributed by atoms with van der Waals surface area (Å²) in [5, 5.41) is 25.4. The number of hydrogen-bond acceptors (Lipinski definition) is 6. The Morgan fingerprint density at radius 2 is 1.70 bits per heavy atom. The normalized spacial score (nSPS) is 10.5. The van der Waals surface area contributed by atoms with Crippen molar-refractivity contribution in [2.75, 3.05) is 26.4 Å². The van der Waals surface area contributed by atoms with Crippen LogP contribution in [0.3, 0.4) is 0 Å². The van der Waals surface area contributed by atoms with Crippen LogP contribution in [0.15, 0.2) is 18.2 Å². The van der Waals surface area contributed by atoms with Crippen molar-refractivity contribution in [1.82, 2.24) is 0 Å². The second kappa shape index (κ2) is 11.8. The van der Waals surface area contributed by atoms with Crippen molar-refractivity contribution in [3.63, 3.8) is 0 Å². The predicted molar refractivity (Wildman–Crippen MR) is 87.0 cm³/mol. The van der Waals surface area contributed by atoms with Crippen molar-refractivity contribution in [3.8, 4) is 5.75 Å². The lowest BCUT2D eigenvalue weighted by Gasteiger charge is -2.20. The van der Waals surface area contributed by atoms with Gasteiger partial charge in [-0.15, -0.1) is 0 Å². The van der Waals surface area contributed by atoms with Gasteiger partial charge < -0.3 is 20.1 Å². The Hall–Kier alpha value is -1.76. The molecule has 0 atom stereocenters. The van der Waals surface area contributed by atoms with Gasteiger partial charge in [-0.2, -0.15) is 0 Å². The fourth-order valence-corrected chi connectivity index (χ4v) is 1.32. The van der Waals surface area contributed by atoms with Crippen LogP contribution in [0.2, 0.25) is 0 Å². The van der Waals surface area contributed by atoms with Gasteiger partial charge in [-0.25, -0.2) is 0 Å². The van der Waals surface area contributed by atoms with Gasteiger partial charge in [0.25, 0.3) is 0 Å². The molecule has 0 aliphatic heterocycles. The van der Waals surface area contributed by atoms with Crippen LogP contribution in [0.5, 0.6) is 5.75 Å². The number of hydrogen-bond donors (Lipinski definition) is 3. The van der Waals surface area contributed by atoms with E-state index in [9.17, 15) is 9.59 Å². The summed E-state index contributed by atoms with van der Waals surface area (Å²) in [5.74, 6) is 0.489. The number of ether oxygens (including phenoxy) is 1. The highest BCUT2D eigenvalue weighted by atomic mass is 16.5. The number of benzene rings is 1. The number of rotatable bonds is 9. The molecule has 3 N–H and O–H groups in total. The van der Waals surface area contributed by atoms with Crippen LogP contribution >= 0.6 is 0 Å². The van der Waals surface area contributed by atoms with E-state index in [-0.39, 0.29) is 19.8 Å². The van der Waals surface area contributed by atoms with Crippen LogP contribution in [-0.4, -0.2) is 54.3 Å². The first-order valence-electron chi connectivity index (χ1n) is 7.50. The molecule has 0 aromatic heterocycles. The van der Waals surface area contributed by atoms with Crippen molar-refractivity contribution in [3.05, 3.63) is 29.3 Å². The molecule has 6 nitrogen and oxygen atoms in total. The molecule has 0 unspecified atom stereocenters. The lowest BCUT2D eigenvalue weighted by atomic mass is 9.95. The molecule has 0 spiro atoms. The van der Waals surface area contributed by atoms with Crippen molar-refractivity contribution < 1.29 is 29.6 Å². The molecule has 0 radical (unpaired) electrons.